The smallest absolute Gasteiger partial charge is 0.355 e. The normalized spacial score (nSPS) is 11.0. The molecule has 0 saturated carbocycles. The lowest BCUT2D eigenvalue weighted by Crippen LogP contribution is -2.08. The van der Waals surface area contributed by atoms with Crippen LogP contribution < -0.4 is 0 Å². The summed E-state index contributed by atoms with van der Waals surface area (Å²) in [6.45, 7) is 2.02. The molecule has 1 aromatic carbocycles. The second-order valence-corrected chi connectivity index (χ2v) is 5.10. The number of ether oxygens (including phenoxy) is 1. The van der Waals surface area contributed by atoms with Crippen molar-refractivity contribution in [2.45, 2.75) is 19.8 Å². The Labute approximate surface area is 124 Å². The molecule has 2 rings (SSSR count). The molecule has 0 unspecified atom stereocenters. The second kappa shape index (κ2) is 6.37. The van der Waals surface area contributed by atoms with Crippen molar-refractivity contribution in [3.8, 4) is 0 Å². The summed E-state index contributed by atoms with van der Waals surface area (Å²) in [5.41, 5.74) is 1.59. The van der Waals surface area contributed by atoms with Crippen LogP contribution in [0.15, 0.2) is 16.6 Å². The highest BCUT2D eigenvalue weighted by atomic mass is 79.9. The lowest BCUT2D eigenvalue weighted by Gasteiger charge is -2.03. The second-order valence-electron chi connectivity index (χ2n) is 4.31. The molecule has 0 radical (unpaired) electrons. The van der Waals surface area contributed by atoms with E-state index in [1.807, 2.05) is 0 Å². The summed E-state index contributed by atoms with van der Waals surface area (Å²) in [5, 5.41) is 9.73. The van der Waals surface area contributed by atoms with Gasteiger partial charge in [-0.25, -0.2) is 9.18 Å². The molecule has 0 fully saturated rings. The lowest BCUT2D eigenvalue weighted by atomic mass is 10.1. The number of esters is 1. The van der Waals surface area contributed by atoms with E-state index in [4.69, 9.17) is 9.84 Å². The number of aryl methyl sites for hydroxylation is 1. The van der Waals surface area contributed by atoms with Crippen LogP contribution in [0.1, 0.15) is 29.4 Å². The molecule has 0 amide bonds. The molecule has 4 nitrogen and oxygen atoms in total. The van der Waals surface area contributed by atoms with Gasteiger partial charge in [0, 0.05) is 12.0 Å². The van der Waals surface area contributed by atoms with Gasteiger partial charge in [-0.2, -0.15) is 0 Å². The van der Waals surface area contributed by atoms with Gasteiger partial charge >= 0.3 is 5.97 Å². The van der Waals surface area contributed by atoms with Crippen LogP contribution in [0, 0.1) is 5.82 Å². The number of hydrogen-bond acceptors (Lipinski definition) is 3. The van der Waals surface area contributed by atoms with Crippen LogP contribution >= 0.6 is 15.9 Å². The molecule has 6 heteroatoms. The molecular formula is C14H15BrFNO3. The van der Waals surface area contributed by atoms with Crippen molar-refractivity contribution in [1.82, 2.24) is 4.98 Å². The number of aliphatic hydroxyl groups excluding tert-OH is 1. The summed E-state index contributed by atoms with van der Waals surface area (Å²) in [6.07, 6.45) is 1.04. The van der Waals surface area contributed by atoms with Gasteiger partial charge in [0.2, 0.25) is 0 Å². The number of fused-ring (bicyclic) bond motifs is 1. The molecule has 2 N–H and O–H groups in total. The molecule has 1 heterocycles. The van der Waals surface area contributed by atoms with Crippen molar-refractivity contribution in [3.05, 3.63) is 33.7 Å². The Hall–Kier alpha value is -1.40. The number of rotatable bonds is 5. The van der Waals surface area contributed by atoms with E-state index in [2.05, 4.69) is 20.9 Å². The van der Waals surface area contributed by atoms with Crippen molar-refractivity contribution in [2.75, 3.05) is 13.2 Å². The number of H-pyrrole nitrogens is 1. The van der Waals surface area contributed by atoms with Crippen LogP contribution in [-0.2, 0) is 11.2 Å². The fourth-order valence-corrected chi connectivity index (χ4v) is 2.60. The van der Waals surface area contributed by atoms with Crippen LogP contribution in [0.2, 0.25) is 0 Å². The Bertz CT molecular complexity index is 639. The van der Waals surface area contributed by atoms with E-state index in [1.165, 1.54) is 6.07 Å². The standard InChI is InChI=1S/C14H15BrFNO3/c1-2-20-14(19)13-8(4-3-7-18)9-5-6-10(16)11(15)12(9)17-13/h5-6,17-18H,2-4,7H2,1H3. The molecular weight excluding hydrogens is 329 g/mol. The Kier molecular flexibility index (Phi) is 4.77. The predicted molar refractivity (Wildman–Crippen MR) is 77.3 cm³/mol. The maximum atomic E-state index is 13.6. The molecule has 0 aliphatic rings. The molecule has 0 atom stereocenters. The number of hydrogen-bond donors (Lipinski definition) is 2. The Morgan fingerprint density at radius 3 is 2.90 bits per heavy atom. The fourth-order valence-electron chi connectivity index (χ4n) is 2.15. The van der Waals surface area contributed by atoms with E-state index in [0.717, 1.165) is 10.9 Å². The number of aliphatic hydroxyl groups is 1. The van der Waals surface area contributed by atoms with Gasteiger partial charge in [0.05, 0.1) is 16.6 Å². The first-order chi connectivity index (χ1) is 9.60. The summed E-state index contributed by atoms with van der Waals surface area (Å²) in [7, 11) is 0. The minimum Gasteiger partial charge on any atom is -0.461 e. The number of nitrogens with one attached hydrogen (secondary N) is 1. The van der Waals surface area contributed by atoms with E-state index in [-0.39, 0.29) is 17.7 Å². The van der Waals surface area contributed by atoms with Gasteiger partial charge in [-0.3, -0.25) is 0 Å². The molecule has 20 heavy (non-hydrogen) atoms. The zero-order chi connectivity index (χ0) is 14.7. The van der Waals surface area contributed by atoms with Gasteiger partial charge in [0.15, 0.2) is 0 Å². The number of halogens is 2. The number of carbonyl (C=O) groups is 1. The minimum absolute atomic E-state index is 0.0251. The number of aromatic amines is 1. The summed E-state index contributed by atoms with van der Waals surface area (Å²) < 4.78 is 18.9. The van der Waals surface area contributed by atoms with Crippen LogP contribution in [-0.4, -0.2) is 29.3 Å². The molecule has 0 saturated heterocycles. The average molecular weight is 344 g/mol. The highest BCUT2D eigenvalue weighted by Crippen LogP contribution is 2.31. The highest BCUT2D eigenvalue weighted by molar-refractivity contribution is 9.10. The van der Waals surface area contributed by atoms with Crippen LogP contribution in [0.25, 0.3) is 10.9 Å². The Morgan fingerprint density at radius 1 is 1.50 bits per heavy atom. The van der Waals surface area contributed by atoms with Crippen molar-refractivity contribution in [3.63, 3.8) is 0 Å². The summed E-state index contributed by atoms with van der Waals surface area (Å²) in [4.78, 5) is 14.9. The Morgan fingerprint density at radius 2 is 2.25 bits per heavy atom. The van der Waals surface area contributed by atoms with Crippen LogP contribution in [0.3, 0.4) is 0 Å². The molecule has 0 bridgehead atoms. The summed E-state index contributed by atoms with van der Waals surface area (Å²) >= 11 is 3.18. The highest BCUT2D eigenvalue weighted by Gasteiger charge is 2.20. The van der Waals surface area contributed by atoms with Crippen molar-refractivity contribution >= 4 is 32.8 Å². The first kappa shape index (κ1) is 15.0. The largest absolute Gasteiger partial charge is 0.461 e. The Balaban J connectivity index is 2.59. The first-order valence-corrected chi connectivity index (χ1v) is 7.16. The molecule has 0 aliphatic carbocycles. The zero-order valence-corrected chi connectivity index (χ0v) is 12.6. The van der Waals surface area contributed by atoms with E-state index < -0.39 is 11.8 Å². The maximum absolute atomic E-state index is 13.6. The topological polar surface area (TPSA) is 62.3 Å². The third-order valence-corrected chi connectivity index (χ3v) is 3.81. The quantitative estimate of drug-likeness (QED) is 0.819. The van der Waals surface area contributed by atoms with Gasteiger partial charge in [-0.15, -0.1) is 0 Å². The molecule has 2 aromatic rings. The zero-order valence-electron chi connectivity index (χ0n) is 11.0. The van der Waals surface area contributed by atoms with E-state index in [0.29, 0.717) is 24.1 Å². The molecule has 108 valence electrons. The predicted octanol–water partition coefficient (Wildman–Crippen LogP) is 3.17. The number of carbonyl (C=O) groups excluding carboxylic acids is 1. The van der Waals surface area contributed by atoms with Gasteiger partial charge in [0.1, 0.15) is 11.5 Å². The molecule has 0 spiro atoms. The summed E-state index contributed by atoms with van der Waals surface area (Å²) in [6, 6.07) is 2.97. The minimum atomic E-state index is -0.469. The molecule has 1 aromatic heterocycles. The SMILES string of the molecule is CCOC(=O)c1[nH]c2c(Br)c(F)ccc2c1CCCO. The fraction of sp³-hybridized carbons (Fsp3) is 0.357. The van der Waals surface area contributed by atoms with Gasteiger partial charge < -0.3 is 14.8 Å². The van der Waals surface area contributed by atoms with Crippen LogP contribution in [0.5, 0.6) is 0 Å². The third kappa shape index (κ3) is 2.71. The van der Waals surface area contributed by atoms with E-state index in [9.17, 15) is 9.18 Å². The van der Waals surface area contributed by atoms with Gasteiger partial charge in [-0.05, 0) is 53.4 Å². The van der Waals surface area contributed by atoms with Crippen molar-refractivity contribution < 1.29 is 19.0 Å². The average Bonchev–Trinajstić information content (AvgIpc) is 2.80. The first-order valence-electron chi connectivity index (χ1n) is 6.36. The third-order valence-electron chi connectivity index (χ3n) is 3.04. The lowest BCUT2D eigenvalue weighted by molar-refractivity contribution is 0.0519. The number of benzene rings is 1. The van der Waals surface area contributed by atoms with Crippen molar-refractivity contribution in [2.24, 2.45) is 0 Å². The summed E-state index contributed by atoms with van der Waals surface area (Å²) in [5.74, 6) is -0.869. The van der Waals surface area contributed by atoms with E-state index in [1.54, 1.807) is 13.0 Å². The van der Waals surface area contributed by atoms with Gasteiger partial charge in [-0.1, -0.05) is 0 Å². The number of aromatic nitrogens is 1. The maximum Gasteiger partial charge on any atom is 0.355 e. The monoisotopic (exact) mass is 343 g/mol. The van der Waals surface area contributed by atoms with Gasteiger partial charge in [0.25, 0.3) is 0 Å². The van der Waals surface area contributed by atoms with Crippen molar-refractivity contribution in [1.29, 1.82) is 0 Å². The van der Waals surface area contributed by atoms with E-state index >= 15 is 0 Å². The van der Waals surface area contributed by atoms with Crippen LogP contribution in [0.4, 0.5) is 4.39 Å². The molecule has 0 aliphatic heterocycles.